The van der Waals surface area contributed by atoms with Crippen molar-refractivity contribution in [1.29, 1.82) is 0 Å². The standard InChI is InChI=1S/C21H44O5/c1-3-4-5-6-7-8-9-10-11-12-13-23-16-17-25-20-21-26-19-18-24-15-14-22-2/h3-21H2,1-2H3. The first-order chi connectivity index (χ1) is 12.9. The quantitative estimate of drug-likeness (QED) is 0.244. The molecule has 5 nitrogen and oxygen atoms in total. The molecule has 0 unspecified atom stereocenters. The van der Waals surface area contributed by atoms with Gasteiger partial charge < -0.3 is 23.7 Å². The maximum Gasteiger partial charge on any atom is 0.0701 e. The van der Waals surface area contributed by atoms with E-state index in [4.69, 9.17) is 23.7 Å². The second kappa shape index (κ2) is 24.8. The van der Waals surface area contributed by atoms with Crippen LogP contribution in [0.4, 0.5) is 0 Å². The number of hydrogen-bond donors (Lipinski definition) is 0. The van der Waals surface area contributed by atoms with Gasteiger partial charge >= 0.3 is 0 Å². The number of unbranched alkanes of at least 4 members (excludes halogenated alkanes) is 9. The Bertz CT molecular complexity index is 214. The highest BCUT2D eigenvalue weighted by atomic mass is 16.6. The van der Waals surface area contributed by atoms with Gasteiger partial charge in [0, 0.05) is 13.7 Å². The van der Waals surface area contributed by atoms with E-state index in [1.807, 2.05) is 0 Å². The van der Waals surface area contributed by atoms with Gasteiger partial charge in [-0.3, -0.25) is 0 Å². The van der Waals surface area contributed by atoms with Crippen molar-refractivity contribution in [3.05, 3.63) is 0 Å². The van der Waals surface area contributed by atoms with Gasteiger partial charge in [-0.2, -0.15) is 0 Å². The first-order valence-corrected chi connectivity index (χ1v) is 10.7. The molecule has 0 aliphatic heterocycles. The highest BCUT2D eigenvalue weighted by molar-refractivity contribution is 4.47. The molecule has 0 aromatic rings. The largest absolute Gasteiger partial charge is 0.382 e. The van der Waals surface area contributed by atoms with E-state index in [1.165, 1.54) is 64.2 Å². The molecule has 0 rings (SSSR count). The molecule has 5 heteroatoms. The van der Waals surface area contributed by atoms with Crippen LogP contribution in [0.2, 0.25) is 0 Å². The zero-order valence-corrected chi connectivity index (χ0v) is 17.5. The molecule has 158 valence electrons. The summed E-state index contributed by atoms with van der Waals surface area (Å²) in [5.41, 5.74) is 0. The summed E-state index contributed by atoms with van der Waals surface area (Å²) in [6, 6.07) is 0. The topological polar surface area (TPSA) is 46.2 Å². The van der Waals surface area contributed by atoms with Gasteiger partial charge in [-0.15, -0.1) is 0 Å². The van der Waals surface area contributed by atoms with E-state index in [9.17, 15) is 0 Å². The molecule has 0 aromatic carbocycles. The molecule has 0 aliphatic rings. The van der Waals surface area contributed by atoms with Crippen molar-refractivity contribution in [3.8, 4) is 0 Å². The van der Waals surface area contributed by atoms with Crippen LogP contribution in [0.3, 0.4) is 0 Å². The third-order valence-corrected chi connectivity index (χ3v) is 4.19. The first-order valence-electron chi connectivity index (χ1n) is 10.7. The summed E-state index contributed by atoms with van der Waals surface area (Å²) in [6.07, 6.45) is 13.6. The molecule has 0 N–H and O–H groups in total. The predicted octanol–water partition coefficient (Wildman–Crippen LogP) is 4.62. The second-order valence-corrected chi connectivity index (χ2v) is 6.62. The maximum atomic E-state index is 5.59. The molecular formula is C21H44O5. The van der Waals surface area contributed by atoms with Crippen molar-refractivity contribution < 1.29 is 23.7 Å². The van der Waals surface area contributed by atoms with Crippen molar-refractivity contribution in [2.45, 2.75) is 71.1 Å². The van der Waals surface area contributed by atoms with E-state index in [0.717, 1.165) is 6.61 Å². The predicted molar refractivity (Wildman–Crippen MR) is 107 cm³/mol. The van der Waals surface area contributed by atoms with Gasteiger partial charge in [0.2, 0.25) is 0 Å². The monoisotopic (exact) mass is 376 g/mol. The van der Waals surface area contributed by atoms with Crippen molar-refractivity contribution in [2.75, 3.05) is 66.6 Å². The molecule has 0 radical (unpaired) electrons. The third kappa shape index (κ3) is 23.8. The molecule has 0 heterocycles. The summed E-state index contributed by atoms with van der Waals surface area (Å²) < 4.78 is 26.6. The normalized spacial score (nSPS) is 11.3. The molecule has 0 atom stereocenters. The lowest BCUT2D eigenvalue weighted by atomic mass is 10.1. The Morgan fingerprint density at radius 3 is 1.15 bits per heavy atom. The lowest BCUT2D eigenvalue weighted by Crippen LogP contribution is -2.13. The highest BCUT2D eigenvalue weighted by Gasteiger charge is 1.95. The van der Waals surface area contributed by atoms with Crippen LogP contribution in [-0.2, 0) is 23.7 Å². The molecule has 0 spiro atoms. The maximum absolute atomic E-state index is 5.59. The van der Waals surface area contributed by atoms with Crippen LogP contribution >= 0.6 is 0 Å². The molecule has 0 aromatic heterocycles. The fourth-order valence-corrected chi connectivity index (χ4v) is 2.60. The highest BCUT2D eigenvalue weighted by Crippen LogP contribution is 2.10. The first kappa shape index (κ1) is 25.8. The van der Waals surface area contributed by atoms with Gasteiger partial charge in [0.05, 0.1) is 52.9 Å². The van der Waals surface area contributed by atoms with E-state index < -0.39 is 0 Å². The lowest BCUT2D eigenvalue weighted by Gasteiger charge is -2.07. The van der Waals surface area contributed by atoms with E-state index in [2.05, 4.69) is 6.92 Å². The average molecular weight is 377 g/mol. The minimum Gasteiger partial charge on any atom is -0.382 e. The molecular weight excluding hydrogens is 332 g/mol. The summed E-state index contributed by atoms with van der Waals surface area (Å²) in [5.74, 6) is 0. The Morgan fingerprint density at radius 1 is 0.385 bits per heavy atom. The van der Waals surface area contributed by atoms with E-state index >= 15 is 0 Å². The summed E-state index contributed by atoms with van der Waals surface area (Å²) in [5, 5.41) is 0. The van der Waals surface area contributed by atoms with Crippen LogP contribution in [0.25, 0.3) is 0 Å². The Morgan fingerprint density at radius 2 is 0.731 bits per heavy atom. The molecule has 0 bridgehead atoms. The average Bonchev–Trinajstić information content (AvgIpc) is 2.66. The van der Waals surface area contributed by atoms with Gasteiger partial charge in [0.15, 0.2) is 0 Å². The summed E-state index contributed by atoms with van der Waals surface area (Å²) in [4.78, 5) is 0. The molecule has 26 heavy (non-hydrogen) atoms. The summed E-state index contributed by atoms with van der Waals surface area (Å²) in [7, 11) is 1.66. The zero-order valence-electron chi connectivity index (χ0n) is 17.5. The van der Waals surface area contributed by atoms with Gasteiger partial charge in [0.25, 0.3) is 0 Å². The fraction of sp³-hybridized carbons (Fsp3) is 1.00. The minimum atomic E-state index is 0.600. The van der Waals surface area contributed by atoms with Crippen LogP contribution in [0.1, 0.15) is 71.1 Å². The molecule has 0 saturated carbocycles. The van der Waals surface area contributed by atoms with E-state index in [1.54, 1.807) is 7.11 Å². The van der Waals surface area contributed by atoms with Crippen molar-refractivity contribution in [2.24, 2.45) is 0 Å². The second-order valence-electron chi connectivity index (χ2n) is 6.62. The molecule has 0 saturated heterocycles. The summed E-state index contributed by atoms with van der Waals surface area (Å²) in [6.45, 7) is 8.11. The van der Waals surface area contributed by atoms with Gasteiger partial charge in [-0.1, -0.05) is 64.7 Å². The van der Waals surface area contributed by atoms with E-state index in [0.29, 0.717) is 52.9 Å². The molecule has 0 amide bonds. The zero-order chi connectivity index (χ0) is 19.0. The Balaban J connectivity index is 2.95. The van der Waals surface area contributed by atoms with E-state index in [-0.39, 0.29) is 0 Å². The fourth-order valence-electron chi connectivity index (χ4n) is 2.60. The summed E-state index contributed by atoms with van der Waals surface area (Å²) >= 11 is 0. The van der Waals surface area contributed by atoms with Crippen LogP contribution < -0.4 is 0 Å². The smallest absolute Gasteiger partial charge is 0.0701 e. The van der Waals surface area contributed by atoms with Crippen LogP contribution in [0, 0.1) is 0 Å². The Labute approximate surface area is 162 Å². The van der Waals surface area contributed by atoms with Gasteiger partial charge in [-0.05, 0) is 6.42 Å². The third-order valence-electron chi connectivity index (χ3n) is 4.19. The SMILES string of the molecule is CCCCCCCCCCCCOCCOCCOCCOCCOC. The van der Waals surface area contributed by atoms with Crippen molar-refractivity contribution in [1.82, 2.24) is 0 Å². The Kier molecular flexibility index (Phi) is 24.6. The van der Waals surface area contributed by atoms with Crippen LogP contribution in [-0.4, -0.2) is 66.6 Å². The van der Waals surface area contributed by atoms with Crippen molar-refractivity contribution >= 4 is 0 Å². The lowest BCUT2D eigenvalue weighted by molar-refractivity contribution is -0.00800. The number of ether oxygens (including phenoxy) is 5. The number of methoxy groups -OCH3 is 1. The number of hydrogen-bond acceptors (Lipinski definition) is 5. The van der Waals surface area contributed by atoms with Gasteiger partial charge in [0.1, 0.15) is 0 Å². The Hall–Kier alpha value is -0.200. The number of rotatable bonds is 23. The van der Waals surface area contributed by atoms with Crippen molar-refractivity contribution in [3.63, 3.8) is 0 Å². The molecule has 0 aliphatic carbocycles. The van der Waals surface area contributed by atoms with Gasteiger partial charge in [-0.25, -0.2) is 0 Å². The molecule has 0 fully saturated rings. The minimum absolute atomic E-state index is 0.600. The van der Waals surface area contributed by atoms with Crippen LogP contribution in [0.15, 0.2) is 0 Å². The van der Waals surface area contributed by atoms with Crippen LogP contribution in [0.5, 0.6) is 0 Å².